The number of likely N-dealkylation sites (tertiary alicyclic amines) is 2. The highest BCUT2D eigenvalue weighted by Crippen LogP contribution is 2.65. The molecule has 1 unspecified atom stereocenters. The van der Waals surface area contributed by atoms with Crippen LogP contribution in [0.15, 0.2) is 12.7 Å². The topological polar surface area (TPSA) is 174 Å². The van der Waals surface area contributed by atoms with Crippen LogP contribution < -0.4 is 21.3 Å². The molecule has 292 valence electrons. The largest absolute Gasteiger partial charge is 0.346 e. The lowest BCUT2D eigenvalue weighted by Crippen LogP contribution is -2.62. The van der Waals surface area contributed by atoms with Crippen molar-refractivity contribution in [1.82, 2.24) is 31.1 Å². The lowest BCUT2D eigenvalue weighted by Gasteiger charge is -2.40. The standard InChI is InChI=1S/C40H60N6O7/c1-10-12-18-26(33(49)35(51)41-19-11-2)42-34(50)32-30-25(40(30,8)9)22-46(32)36(52)31(24-16-14-13-15-17-24)44-37(53)43-27(38(3,4)5)23-45-28(47)20-39(6,7)21-29(45)48/h1,11,24-27,30-32H,2,12-23H2,3-9H3,(H,41,51)(H,42,50)(H2,43,44,53)/t25-,26?,27+,30-,31-,32-/m0/s1. The number of hydrogen-bond acceptors (Lipinski definition) is 7. The van der Waals surface area contributed by atoms with Crippen molar-refractivity contribution in [3.05, 3.63) is 12.7 Å². The van der Waals surface area contributed by atoms with E-state index in [-0.39, 0.29) is 79.7 Å². The van der Waals surface area contributed by atoms with E-state index in [1.165, 1.54) is 11.0 Å². The van der Waals surface area contributed by atoms with E-state index in [0.29, 0.717) is 6.54 Å². The van der Waals surface area contributed by atoms with Gasteiger partial charge in [-0.25, -0.2) is 4.79 Å². The Morgan fingerprint density at radius 3 is 2.17 bits per heavy atom. The number of imide groups is 1. The van der Waals surface area contributed by atoms with Gasteiger partial charge in [-0.2, -0.15) is 0 Å². The van der Waals surface area contributed by atoms with Crippen LogP contribution in [-0.4, -0.2) is 95.0 Å². The fraction of sp³-hybridized carbons (Fsp3) is 0.725. The third-order valence-electron chi connectivity index (χ3n) is 11.9. The number of rotatable bonds is 14. The molecule has 2 heterocycles. The second kappa shape index (κ2) is 16.4. The van der Waals surface area contributed by atoms with Crippen LogP contribution in [0, 0.1) is 46.3 Å². The van der Waals surface area contributed by atoms with Gasteiger partial charge >= 0.3 is 6.03 Å². The summed E-state index contributed by atoms with van der Waals surface area (Å²) in [5.74, 6) is -1.03. The number of piperidine rings is 2. The number of fused-ring (bicyclic) bond motifs is 1. The van der Waals surface area contributed by atoms with Gasteiger partial charge in [0.2, 0.25) is 29.4 Å². The third kappa shape index (κ3) is 9.67. The molecule has 0 aromatic carbocycles. The minimum Gasteiger partial charge on any atom is -0.346 e. The van der Waals surface area contributed by atoms with Crippen LogP contribution in [0.1, 0.15) is 106 Å². The minimum absolute atomic E-state index is 0.00466. The summed E-state index contributed by atoms with van der Waals surface area (Å²) in [5.41, 5.74) is -1.21. The quantitative estimate of drug-likeness (QED) is 0.0918. The Morgan fingerprint density at radius 2 is 1.60 bits per heavy atom. The Kier molecular flexibility index (Phi) is 12.9. The van der Waals surface area contributed by atoms with E-state index in [1.54, 1.807) is 4.90 Å². The monoisotopic (exact) mass is 736 g/mol. The molecule has 4 rings (SSSR count). The average Bonchev–Trinajstić information content (AvgIpc) is 3.37. The van der Waals surface area contributed by atoms with E-state index in [9.17, 15) is 33.6 Å². The molecule has 0 aromatic heterocycles. The number of urea groups is 1. The SMILES string of the molecule is C#CCCC(NC(=O)[C@@H]1[C@@H]2[C@H](CN1C(=O)[C@@H](NC(=O)N[C@H](CN1C(=O)CC(C)(C)CC1=O)C(C)(C)C)C1CCCCC1)C2(C)C)C(=O)C(=O)NCC=C. The van der Waals surface area contributed by atoms with Crippen molar-refractivity contribution in [1.29, 1.82) is 0 Å². The van der Waals surface area contributed by atoms with Gasteiger partial charge in [0.1, 0.15) is 12.1 Å². The minimum atomic E-state index is -1.18. The van der Waals surface area contributed by atoms with E-state index >= 15 is 0 Å². The van der Waals surface area contributed by atoms with Crippen LogP contribution in [0.25, 0.3) is 0 Å². The van der Waals surface area contributed by atoms with Gasteiger partial charge in [0.05, 0.1) is 12.1 Å². The van der Waals surface area contributed by atoms with Gasteiger partial charge in [-0.15, -0.1) is 18.9 Å². The Labute approximate surface area is 314 Å². The number of amides is 7. The Balaban J connectivity index is 1.56. The molecular formula is C40H60N6O7. The number of nitrogens with zero attached hydrogens (tertiary/aromatic N) is 2. The molecule has 2 aliphatic carbocycles. The first-order valence-corrected chi connectivity index (χ1v) is 19.1. The van der Waals surface area contributed by atoms with Crippen molar-refractivity contribution in [3.63, 3.8) is 0 Å². The summed E-state index contributed by atoms with van der Waals surface area (Å²) in [4.78, 5) is 97.2. The zero-order valence-corrected chi connectivity index (χ0v) is 32.6. The van der Waals surface area contributed by atoms with E-state index in [4.69, 9.17) is 6.42 Å². The van der Waals surface area contributed by atoms with Crippen LogP contribution in [0.2, 0.25) is 0 Å². The van der Waals surface area contributed by atoms with Gasteiger partial charge in [0, 0.05) is 38.9 Å². The van der Waals surface area contributed by atoms with Gasteiger partial charge in [-0.05, 0) is 53.3 Å². The van der Waals surface area contributed by atoms with Crippen LogP contribution in [-0.2, 0) is 28.8 Å². The molecule has 4 N–H and O–H groups in total. The molecule has 7 amide bonds. The normalized spacial score (nSPS) is 25.2. The van der Waals surface area contributed by atoms with Gasteiger partial charge < -0.3 is 26.2 Å². The van der Waals surface area contributed by atoms with Crippen LogP contribution in [0.5, 0.6) is 0 Å². The van der Waals surface area contributed by atoms with Gasteiger partial charge in [-0.1, -0.05) is 73.8 Å². The first kappa shape index (κ1) is 41.5. The highest BCUT2D eigenvalue weighted by molar-refractivity contribution is 6.38. The molecule has 2 saturated carbocycles. The Bertz CT molecular complexity index is 1500. The number of hydrogen-bond donors (Lipinski definition) is 4. The number of nitrogens with one attached hydrogen (secondary N) is 4. The number of Topliss-reactive ketones (excluding diaryl/α,β-unsaturated/α-hetero) is 1. The molecule has 4 aliphatic rings. The lowest BCUT2D eigenvalue weighted by atomic mass is 9.80. The molecular weight excluding hydrogens is 676 g/mol. The van der Waals surface area contributed by atoms with Crippen molar-refractivity contribution >= 4 is 41.4 Å². The second-order valence-corrected chi connectivity index (χ2v) is 17.9. The summed E-state index contributed by atoms with van der Waals surface area (Å²) in [7, 11) is 0. The summed E-state index contributed by atoms with van der Waals surface area (Å²) >= 11 is 0. The van der Waals surface area contributed by atoms with Crippen molar-refractivity contribution in [3.8, 4) is 12.3 Å². The van der Waals surface area contributed by atoms with Gasteiger partial charge in [0.25, 0.3) is 5.91 Å². The van der Waals surface area contributed by atoms with Crippen molar-refractivity contribution in [2.75, 3.05) is 19.6 Å². The molecule has 13 nitrogen and oxygen atoms in total. The molecule has 0 radical (unpaired) electrons. The summed E-state index contributed by atoms with van der Waals surface area (Å²) in [5, 5.41) is 11.2. The maximum Gasteiger partial charge on any atom is 0.315 e. The molecule has 2 saturated heterocycles. The first-order chi connectivity index (χ1) is 24.7. The number of carbonyl (C=O) groups is 7. The summed E-state index contributed by atoms with van der Waals surface area (Å²) in [6.45, 7) is 17.5. The first-order valence-electron chi connectivity index (χ1n) is 19.1. The maximum atomic E-state index is 14.7. The van der Waals surface area contributed by atoms with Gasteiger partial charge in [-0.3, -0.25) is 33.7 Å². The predicted molar refractivity (Wildman–Crippen MR) is 199 cm³/mol. The third-order valence-corrected chi connectivity index (χ3v) is 11.9. The van der Waals surface area contributed by atoms with Crippen LogP contribution in [0.3, 0.4) is 0 Å². The molecule has 2 aliphatic heterocycles. The summed E-state index contributed by atoms with van der Waals surface area (Å²) < 4.78 is 0. The zero-order chi connectivity index (χ0) is 39.5. The molecule has 0 aromatic rings. The maximum absolute atomic E-state index is 14.7. The van der Waals surface area contributed by atoms with E-state index in [1.807, 2.05) is 48.5 Å². The molecule has 6 atom stereocenters. The number of terminal acetylenes is 1. The predicted octanol–water partition coefficient (Wildman–Crippen LogP) is 3.08. The Hall–Kier alpha value is -4.21. The average molecular weight is 737 g/mol. The fourth-order valence-electron chi connectivity index (χ4n) is 8.48. The van der Waals surface area contributed by atoms with Crippen molar-refractivity contribution < 1.29 is 33.6 Å². The highest BCUT2D eigenvalue weighted by Gasteiger charge is 2.69. The highest BCUT2D eigenvalue weighted by atomic mass is 16.2. The molecule has 13 heteroatoms. The summed E-state index contributed by atoms with van der Waals surface area (Å²) in [6, 6.07) is -4.24. The number of carbonyl (C=O) groups excluding carboxylic acids is 7. The van der Waals surface area contributed by atoms with Crippen LogP contribution in [0.4, 0.5) is 4.79 Å². The van der Waals surface area contributed by atoms with E-state index in [2.05, 4.69) is 33.8 Å². The zero-order valence-electron chi connectivity index (χ0n) is 32.6. The second-order valence-electron chi connectivity index (χ2n) is 17.9. The Morgan fingerprint density at radius 1 is 0.981 bits per heavy atom. The van der Waals surface area contributed by atoms with Crippen molar-refractivity contribution in [2.45, 2.75) is 130 Å². The smallest absolute Gasteiger partial charge is 0.315 e. The van der Waals surface area contributed by atoms with E-state index < -0.39 is 58.6 Å². The molecule has 53 heavy (non-hydrogen) atoms. The molecule has 0 spiro atoms. The lowest BCUT2D eigenvalue weighted by molar-refractivity contribution is -0.153. The van der Waals surface area contributed by atoms with Crippen LogP contribution >= 0.6 is 0 Å². The van der Waals surface area contributed by atoms with E-state index in [0.717, 1.165) is 32.1 Å². The number of ketones is 1. The van der Waals surface area contributed by atoms with Gasteiger partial charge in [0.15, 0.2) is 0 Å². The summed E-state index contributed by atoms with van der Waals surface area (Å²) in [6.07, 6.45) is 11.8. The molecule has 0 bridgehead atoms. The molecule has 4 fully saturated rings. The van der Waals surface area contributed by atoms with Crippen molar-refractivity contribution in [2.24, 2.45) is 34.0 Å². The fourth-order valence-corrected chi connectivity index (χ4v) is 8.48.